The maximum Gasteiger partial charge on any atom is 0.411 e. The molecular weight excluding hydrogens is 877 g/mol. The van der Waals surface area contributed by atoms with E-state index in [1.807, 2.05) is 31.8 Å². The summed E-state index contributed by atoms with van der Waals surface area (Å²) in [6.07, 6.45) is -1.35. The number of hydrogen-bond donors (Lipinski definition) is 3. The molecule has 7 rings (SSSR count). The molecule has 334 valence electrons. The zero-order chi connectivity index (χ0) is 45.8. The van der Waals surface area contributed by atoms with Crippen molar-refractivity contribution in [2.75, 3.05) is 32.4 Å². The van der Waals surface area contributed by atoms with Crippen LogP contribution in [0.3, 0.4) is 0 Å². The Morgan fingerprint density at radius 1 is 0.766 bits per heavy atom. The monoisotopic (exact) mass is 924 g/mol. The van der Waals surface area contributed by atoms with Gasteiger partial charge in [-0.3, -0.25) is 5.32 Å². The van der Waals surface area contributed by atoms with E-state index in [1.54, 1.807) is 86.0 Å². The Morgan fingerprint density at radius 3 is 1.86 bits per heavy atom. The van der Waals surface area contributed by atoms with Crippen molar-refractivity contribution in [1.29, 1.82) is 0 Å². The number of methoxy groups -OCH3 is 3. The van der Waals surface area contributed by atoms with Gasteiger partial charge >= 0.3 is 6.09 Å². The number of carboxylic acid groups (broad SMARTS) is 1. The van der Waals surface area contributed by atoms with Gasteiger partial charge in [0.05, 0.1) is 55.1 Å². The highest BCUT2D eigenvalue weighted by molar-refractivity contribution is 7.93. The number of nitrogens with one attached hydrogen (secondary N) is 2. The van der Waals surface area contributed by atoms with Crippen molar-refractivity contribution in [2.45, 2.75) is 55.1 Å². The number of hydrogen-bond acceptors (Lipinski definition) is 12. The number of imidazole rings is 1. The summed E-state index contributed by atoms with van der Waals surface area (Å²) in [5, 5.41) is 25.2. The average Bonchev–Trinajstić information content (AvgIpc) is 3.92. The summed E-state index contributed by atoms with van der Waals surface area (Å²) >= 11 is 0. The average molecular weight is 925 g/mol. The third kappa shape index (κ3) is 10.3. The largest absolute Gasteiger partial charge is 0.497 e. The SMILES string of the molecule is COc1ccc(CN(Cc2ccc(OC)cc2)S(=O)(=O)c2c(S(=O)(=O)CC[Si](C)(C)C)ccc(-c3cccc4[nH]c(NC(=O)O)nc34)c2-c2nnn(Cc3ccc(OC)cc3)n2)cc1. The van der Waals surface area contributed by atoms with E-state index < -0.39 is 43.8 Å². The molecule has 0 fully saturated rings. The van der Waals surface area contributed by atoms with Crippen LogP contribution in [0, 0.1) is 0 Å². The Bertz CT molecular complexity index is 2960. The standard InChI is InChI=1S/C44H48N8O9S2Si/c1-59-32-16-10-29(11-17-32)26-51(27-30-12-18-33(60-2)19-13-30)63(57,58)41-38(62(55,56)24-25-64(4,5)6)23-22-35(36-8-7-9-37-40(36)46-43(45-37)47-44(53)54)39(41)42-48-50-52(49-42)28-31-14-20-34(61-3)21-15-31/h7-23H,24-28H2,1-6H3,(H,53,54)(H2,45,46,47). The minimum absolute atomic E-state index is 0.0800. The Morgan fingerprint density at radius 2 is 1.33 bits per heavy atom. The smallest absolute Gasteiger partial charge is 0.411 e. The number of H-pyrrole nitrogens is 1. The van der Waals surface area contributed by atoms with Crippen LogP contribution in [0.15, 0.2) is 113 Å². The number of benzene rings is 5. The third-order valence-corrected chi connectivity index (χ3v) is 16.3. The van der Waals surface area contributed by atoms with E-state index in [4.69, 9.17) is 19.3 Å². The number of sulfonamides is 1. The second kappa shape index (κ2) is 18.6. The molecule has 2 aromatic heterocycles. The fraction of sp³-hybridized carbons (Fsp3) is 0.250. The molecule has 0 radical (unpaired) electrons. The van der Waals surface area contributed by atoms with E-state index in [2.05, 4.69) is 25.6 Å². The number of anilines is 1. The number of nitrogens with zero attached hydrogens (tertiary/aromatic N) is 6. The fourth-order valence-electron chi connectivity index (χ4n) is 7.00. The van der Waals surface area contributed by atoms with Gasteiger partial charge in [0.15, 0.2) is 9.84 Å². The topological polar surface area (TPSA) is 221 Å². The van der Waals surface area contributed by atoms with Gasteiger partial charge in [-0.05, 0) is 82.0 Å². The Balaban J connectivity index is 1.52. The Hall–Kier alpha value is -6.61. The summed E-state index contributed by atoms with van der Waals surface area (Å²) in [6.45, 7) is 5.92. The van der Waals surface area contributed by atoms with Crippen LogP contribution in [0.25, 0.3) is 33.5 Å². The molecule has 7 aromatic rings. The first-order valence-corrected chi connectivity index (χ1v) is 26.8. The van der Waals surface area contributed by atoms with Crippen LogP contribution in [0.1, 0.15) is 16.7 Å². The molecule has 0 spiro atoms. The van der Waals surface area contributed by atoms with Crippen LogP contribution >= 0.6 is 0 Å². The lowest BCUT2D eigenvalue weighted by Gasteiger charge is -2.26. The van der Waals surface area contributed by atoms with Gasteiger partial charge in [-0.25, -0.2) is 26.6 Å². The van der Waals surface area contributed by atoms with Crippen LogP contribution in [0.5, 0.6) is 17.2 Å². The highest BCUT2D eigenvalue weighted by atomic mass is 32.2. The van der Waals surface area contributed by atoms with Crippen LogP contribution in [0.2, 0.25) is 25.7 Å². The lowest BCUT2D eigenvalue weighted by molar-refractivity contribution is 0.209. The number of aromatic nitrogens is 6. The number of sulfone groups is 1. The van der Waals surface area contributed by atoms with Crippen molar-refractivity contribution in [3.05, 3.63) is 120 Å². The third-order valence-electron chi connectivity index (χ3n) is 10.4. The molecule has 3 N–H and O–H groups in total. The van der Waals surface area contributed by atoms with E-state index in [1.165, 1.54) is 35.5 Å². The maximum atomic E-state index is 16.0. The number of carbonyl (C=O) groups is 1. The minimum atomic E-state index is -4.87. The molecule has 5 aromatic carbocycles. The molecule has 1 amide bonds. The number of rotatable bonds is 18. The number of aromatic amines is 1. The molecule has 0 atom stereocenters. The van der Waals surface area contributed by atoms with Crippen LogP contribution in [-0.2, 0) is 39.5 Å². The molecule has 0 aliphatic carbocycles. The summed E-state index contributed by atoms with van der Waals surface area (Å²) in [4.78, 5) is 19.4. The number of para-hydroxylation sites is 1. The fourth-order valence-corrected chi connectivity index (χ4v) is 13.8. The van der Waals surface area contributed by atoms with E-state index in [-0.39, 0.29) is 53.8 Å². The molecule has 17 nitrogen and oxygen atoms in total. The van der Waals surface area contributed by atoms with E-state index >= 15 is 8.42 Å². The quantitative estimate of drug-likeness (QED) is 0.0709. The van der Waals surface area contributed by atoms with E-state index in [0.717, 1.165) is 5.56 Å². The molecule has 64 heavy (non-hydrogen) atoms. The molecule has 2 heterocycles. The van der Waals surface area contributed by atoms with Gasteiger partial charge in [0, 0.05) is 26.7 Å². The van der Waals surface area contributed by atoms with Crippen LogP contribution in [-0.4, -0.2) is 97.7 Å². The normalized spacial score (nSPS) is 12.1. The summed E-state index contributed by atoms with van der Waals surface area (Å²) in [5.41, 5.74) is 3.08. The van der Waals surface area contributed by atoms with Gasteiger partial charge in [0.2, 0.25) is 21.8 Å². The molecule has 0 aliphatic heterocycles. The van der Waals surface area contributed by atoms with E-state index in [0.29, 0.717) is 45.5 Å². The Kier molecular flexibility index (Phi) is 13.2. The maximum absolute atomic E-state index is 16.0. The molecule has 0 saturated heterocycles. The summed E-state index contributed by atoms with van der Waals surface area (Å²) < 4.78 is 79.0. The molecule has 0 saturated carbocycles. The Labute approximate surface area is 372 Å². The number of tetrazole rings is 1. The van der Waals surface area contributed by atoms with Crippen molar-refractivity contribution in [2.24, 2.45) is 0 Å². The second-order valence-corrected chi connectivity index (χ2v) is 25.7. The second-order valence-electron chi connectivity index (χ2n) is 16.1. The van der Waals surface area contributed by atoms with E-state index in [9.17, 15) is 18.3 Å². The predicted octanol–water partition coefficient (Wildman–Crippen LogP) is 7.55. The minimum Gasteiger partial charge on any atom is -0.497 e. The van der Waals surface area contributed by atoms with Gasteiger partial charge in [-0.15, -0.1) is 10.2 Å². The highest BCUT2D eigenvalue weighted by Gasteiger charge is 2.38. The molecule has 0 unspecified atom stereocenters. The van der Waals surface area contributed by atoms with Crippen LogP contribution < -0.4 is 19.5 Å². The summed E-state index contributed by atoms with van der Waals surface area (Å²) in [6, 6.07) is 29.3. The van der Waals surface area contributed by atoms with Gasteiger partial charge in [-0.1, -0.05) is 74.2 Å². The zero-order valence-electron chi connectivity index (χ0n) is 36.1. The first kappa shape index (κ1) is 45.4. The number of fused-ring (bicyclic) bond motifs is 1. The van der Waals surface area contributed by atoms with Crippen molar-refractivity contribution >= 4 is 51.0 Å². The summed E-state index contributed by atoms with van der Waals surface area (Å²) in [5.74, 6) is 1.22. The first-order chi connectivity index (χ1) is 30.5. The highest BCUT2D eigenvalue weighted by Crippen LogP contribution is 2.43. The number of ether oxygens (including phenoxy) is 3. The molecule has 20 heteroatoms. The summed E-state index contributed by atoms with van der Waals surface area (Å²) in [7, 11) is -6.57. The van der Waals surface area contributed by atoms with Crippen molar-refractivity contribution in [1.82, 2.24) is 34.5 Å². The van der Waals surface area contributed by atoms with Crippen molar-refractivity contribution in [3.63, 3.8) is 0 Å². The van der Waals surface area contributed by atoms with Gasteiger partial charge in [0.25, 0.3) is 0 Å². The van der Waals surface area contributed by atoms with Gasteiger partial charge in [-0.2, -0.15) is 9.10 Å². The number of amides is 1. The van der Waals surface area contributed by atoms with Crippen molar-refractivity contribution < 1.29 is 40.9 Å². The van der Waals surface area contributed by atoms with Crippen LogP contribution in [0.4, 0.5) is 10.7 Å². The lowest BCUT2D eigenvalue weighted by Crippen LogP contribution is -2.32. The molecule has 0 aliphatic rings. The zero-order valence-corrected chi connectivity index (χ0v) is 38.7. The lowest BCUT2D eigenvalue weighted by atomic mass is 9.98. The molecule has 0 bridgehead atoms. The molecular formula is C44H48N8O9S2Si. The van der Waals surface area contributed by atoms with Gasteiger partial charge < -0.3 is 24.3 Å². The first-order valence-electron chi connectivity index (χ1n) is 20.0. The van der Waals surface area contributed by atoms with Crippen molar-refractivity contribution in [3.8, 4) is 39.8 Å². The van der Waals surface area contributed by atoms with Gasteiger partial charge in [0.1, 0.15) is 22.1 Å². The predicted molar refractivity (Wildman–Crippen MR) is 245 cm³/mol.